The average Bonchev–Trinajstić information content (AvgIpc) is 2.91. The smallest absolute Gasteiger partial charge is 0.00640 e. The molecule has 1 atom stereocenters. The van der Waals surface area contributed by atoms with Gasteiger partial charge in [-0.25, -0.2) is 0 Å². The third-order valence-electron chi connectivity index (χ3n) is 8.07. The molecule has 1 unspecified atom stereocenters. The predicted molar refractivity (Wildman–Crippen MR) is 172 cm³/mol. The molecule has 0 bridgehead atoms. The molecule has 0 saturated heterocycles. The standard InChI is InChI=1S/C36H71N/c1-4-6-8-10-12-14-16-18-20-21-23-25-27-29-31-33-35-36(37-3)34-32-30-28-26-24-22-19-17-15-13-11-9-7-5-2/h12,14,18,20,36-37H,4-11,13,15-17,19,21-35H2,1-3H3/b14-12-,20-18-. The molecule has 37 heavy (non-hydrogen) atoms. The van der Waals surface area contributed by atoms with Crippen LogP contribution >= 0.6 is 0 Å². The molecule has 0 radical (unpaired) electrons. The van der Waals surface area contributed by atoms with Crippen molar-refractivity contribution in [2.45, 2.75) is 200 Å². The average molecular weight is 518 g/mol. The van der Waals surface area contributed by atoms with Gasteiger partial charge in [0, 0.05) is 6.04 Å². The van der Waals surface area contributed by atoms with E-state index >= 15 is 0 Å². The van der Waals surface area contributed by atoms with Crippen molar-refractivity contribution >= 4 is 0 Å². The SMILES string of the molecule is CCCCC/C=C\C/C=C\CCCCCCCCC(CCCCCCCCCCCCCCCC)NC. The minimum Gasteiger partial charge on any atom is -0.317 e. The predicted octanol–water partition coefficient (Wildman–Crippen LogP) is 12.6. The zero-order valence-electron chi connectivity index (χ0n) is 26.2. The third-order valence-corrected chi connectivity index (χ3v) is 8.07. The van der Waals surface area contributed by atoms with E-state index in [1.54, 1.807) is 0 Å². The van der Waals surface area contributed by atoms with E-state index in [1.807, 2.05) is 0 Å². The summed E-state index contributed by atoms with van der Waals surface area (Å²) in [6.07, 6.45) is 48.7. The Bertz CT molecular complexity index is 452. The van der Waals surface area contributed by atoms with E-state index in [4.69, 9.17) is 0 Å². The van der Waals surface area contributed by atoms with Crippen molar-refractivity contribution in [2.75, 3.05) is 7.05 Å². The number of nitrogens with one attached hydrogen (secondary N) is 1. The molecule has 0 rings (SSSR count). The third kappa shape index (κ3) is 31.6. The monoisotopic (exact) mass is 518 g/mol. The molecule has 1 N–H and O–H groups in total. The second-order valence-corrected chi connectivity index (χ2v) is 11.7. The van der Waals surface area contributed by atoms with Gasteiger partial charge in [0.15, 0.2) is 0 Å². The second-order valence-electron chi connectivity index (χ2n) is 11.7. The molecule has 0 saturated carbocycles. The van der Waals surface area contributed by atoms with Gasteiger partial charge in [-0.05, 0) is 52.0 Å². The van der Waals surface area contributed by atoms with Crippen LogP contribution in [0.25, 0.3) is 0 Å². The van der Waals surface area contributed by atoms with Crippen LogP contribution in [0, 0.1) is 0 Å². The van der Waals surface area contributed by atoms with Gasteiger partial charge in [0.25, 0.3) is 0 Å². The van der Waals surface area contributed by atoms with Gasteiger partial charge < -0.3 is 5.32 Å². The zero-order valence-corrected chi connectivity index (χ0v) is 26.2. The molecule has 0 amide bonds. The minimum absolute atomic E-state index is 0.753. The molecule has 0 aromatic heterocycles. The Morgan fingerprint density at radius 2 is 0.730 bits per heavy atom. The molecule has 220 valence electrons. The first-order valence-electron chi connectivity index (χ1n) is 17.3. The lowest BCUT2D eigenvalue weighted by atomic mass is 9.99. The highest BCUT2D eigenvalue weighted by atomic mass is 14.9. The summed E-state index contributed by atoms with van der Waals surface area (Å²) >= 11 is 0. The molecule has 0 aliphatic heterocycles. The molecule has 0 spiro atoms. The maximum Gasteiger partial charge on any atom is 0.00640 e. The van der Waals surface area contributed by atoms with Gasteiger partial charge in [0.1, 0.15) is 0 Å². The molecule has 1 nitrogen and oxygen atoms in total. The number of hydrogen-bond donors (Lipinski definition) is 1. The van der Waals surface area contributed by atoms with Crippen molar-refractivity contribution in [3.63, 3.8) is 0 Å². The van der Waals surface area contributed by atoms with E-state index in [2.05, 4.69) is 50.5 Å². The van der Waals surface area contributed by atoms with Crippen molar-refractivity contribution in [3.8, 4) is 0 Å². The Balaban J connectivity index is 3.34. The number of allylic oxidation sites excluding steroid dienone is 4. The molecular weight excluding hydrogens is 446 g/mol. The molecule has 0 aromatic rings. The highest BCUT2D eigenvalue weighted by Crippen LogP contribution is 2.16. The largest absolute Gasteiger partial charge is 0.317 e. The topological polar surface area (TPSA) is 12.0 Å². The summed E-state index contributed by atoms with van der Waals surface area (Å²) in [5, 5.41) is 3.59. The fraction of sp³-hybridized carbons (Fsp3) is 0.889. The van der Waals surface area contributed by atoms with Crippen molar-refractivity contribution < 1.29 is 0 Å². The molecule has 0 heterocycles. The van der Waals surface area contributed by atoms with Gasteiger partial charge >= 0.3 is 0 Å². The van der Waals surface area contributed by atoms with Crippen LogP contribution in [0.4, 0.5) is 0 Å². The molecule has 0 fully saturated rings. The minimum atomic E-state index is 0.753. The van der Waals surface area contributed by atoms with Gasteiger partial charge in [-0.15, -0.1) is 0 Å². The number of rotatable bonds is 31. The van der Waals surface area contributed by atoms with Crippen LogP contribution in [0.15, 0.2) is 24.3 Å². The number of unbranched alkanes of at least 4 members (excludes halogenated alkanes) is 22. The first kappa shape index (κ1) is 36.4. The second kappa shape index (κ2) is 33.5. The Kier molecular flexibility index (Phi) is 33.0. The quantitative estimate of drug-likeness (QED) is 0.0712. The summed E-state index contributed by atoms with van der Waals surface area (Å²) in [4.78, 5) is 0. The summed E-state index contributed by atoms with van der Waals surface area (Å²) in [6, 6.07) is 0.753. The molecule has 1 heteroatoms. The van der Waals surface area contributed by atoms with Crippen LogP contribution in [0.5, 0.6) is 0 Å². The first-order chi connectivity index (χ1) is 18.3. The Hall–Kier alpha value is -0.560. The lowest BCUT2D eigenvalue weighted by Crippen LogP contribution is -2.24. The van der Waals surface area contributed by atoms with Crippen LogP contribution in [-0.4, -0.2) is 13.1 Å². The Morgan fingerprint density at radius 3 is 1.14 bits per heavy atom. The van der Waals surface area contributed by atoms with E-state index < -0.39 is 0 Å². The van der Waals surface area contributed by atoms with Gasteiger partial charge in [-0.1, -0.05) is 173 Å². The molecule has 0 aliphatic carbocycles. The van der Waals surface area contributed by atoms with E-state index in [-0.39, 0.29) is 0 Å². The van der Waals surface area contributed by atoms with Gasteiger partial charge in [-0.2, -0.15) is 0 Å². The van der Waals surface area contributed by atoms with Crippen molar-refractivity contribution in [1.82, 2.24) is 5.32 Å². The van der Waals surface area contributed by atoms with Crippen molar-refractivity contribution in [3.05, 3.63) is 24.3 Å². The summed E-state index contributed by atoms with van der Waals surface area (Å²) in [7, 11) is 2.17. The van der Waals surface area contributed by atoms with E-state index in [0.717, 1.165) is 12.5 Å². The van der Waals surface area contributed by atoms with Crippen LogP contribution in [0.3, 0.4) is 0 Å². The van der Waals surface area contributed by atoms with Crippen LogP contribution in [0.2, 0.25) is 0 Å². The van der Waals surface area contributed by atoms with Crippen molar-refractivity contribution in [1.29, 1.82) is 0 Å². The Labute approximate surface area is 236 Å². The maximum absolute atomic E-state index is 3.59. The molecular formula is C36H71N. The van der Waals surface area contributed by atoms with Gasteiger partial charge in [-0.3, -0.25) is 0 Å². The van der Waals surface area contributed by atoms with Gasteiger partial charge in [0.2, 0.25) is 0 Å². The molecule has 0 aliphatic rings. The van der Waals surface area contributed by atoms with E-state index in [1.165, 1.54) is 173 Å². The fourth-order valence-corrected chi connectivity index (χ4v) is 5.40. The maximum atomic E-state index is 3.59. The lowest BCUT2D eigenvalue weighted by molar-refractivity contribution is 0.434. The van der Waals surface area contributed by atoms with E-state index in [0.29, 0.717) is 0 Å². The highest BCUT2D eigenvalue weighted by Gasteiger charge is 2.05. The van der Waals surface area contributed by atoms with Gasteiger partial charge in [0.05, 0.1) is 0 Å². The zero-order chi connectivity index (χ0) is 26.9. The summed E-state index contributed by atoms with van der Waals surface area (Å²) in [6.45, 7) is 4.58. The van der Waals surface area contributed by atoms with Crippen LogP contribution in [-0.2, 0) is 0 Å². The van der Waals surface area contributed by atoms with E-state index in [9.17, 15) is 0 Å². The summed E-state index contributed by atoms with van der Waals surface area (Å²) < 4.78 is 0. The summed E-state index contributed by atoms with van der Waals surface area (Å²) in [5.74, 6) is 0. The lowest BCUT2D eigenvalue weighted by Gasteiger charge is -2.16. The normalized spacial score (nSPS) is 12.8. The van der Waals surface area contributed by atoms with Crippen molar-refractivity contribution in [2.24, 2.45) is 0 Å². The molecule has 0 aromatic carbocycles. The fourth-order valence-electron chi connectivity index (χ4n) is 5.40. The highest BCUT2D eigenvalue weighted by molar-refractivity contribution is 4.92. The van der Waals surface area contributed by atoms with Crippen LogP contribution < -0.4 is 5.32 Å². The first-order valence-corrected chi connectivity index (χ1v) is 17.3. The number of hydrogen-bond acceptors (Lipinski definition) is 1. The Morgan fingerprint density at radius 1 is 0.405 bits per heavy atom. The summed E-state index contributed by atoms with van der Waals surface area (Å²) in [5.41, 5.74) is 0. The van der Waals surface area contributed by atoms with Crippen LogP contribution in [0.1, 0.15) is 194 Å².